The van der Waals surface area contributed by atoms with Crippen molar-refractivity contribution in [1.82, 2.24) is 9.80 Å². The predicted octanol–water partition coefficient (Wildman–Crippen LogP) is 2.95. The Bertz CT molecular complexity index is 508. The van der Waals surface area contributed by atoms with E-state index in [1.165, 1.54) is 6.92 Å². The quantitative estimate of drug-likeness (QED) is 0.723. The molecule has 24 heavy (non-hydrogen) atoms. The second kappa shape index (κ2) is 7.38. The van der Waals surface area contributed by atoms with Gasteiger partial charge in [0.25, 0.3) is 0 Å². The Morgan fingerprint density at radius 2 is 2.00 bits per heavy atom. The van der Waals surface area contributed by atoms with Crippen LogP contribution in [0.3, 0.4) is 0 Å². The van der Waals surface area contributed by atoms with Crippen LogP contribution in [-0.2, 0) is 14.3 Å². The van der Waals surface area contributed by atoms with Crippen LogP contribution in [0.5, 0.6) is 0 Å². The van der Waals surface area contributed by atoms with Crippen LogP contribution in [0.2, 0.25) is 0 Å². The van der Waals surface area contributed by atoms with E-state index in [4.69, 9.17) is 9.47 Å². The van der Waals surface area contributed by atoms with Crippen molar-refractivity contribution in [1.29, 1.82) is 0 Å². The Morgan fingerprint density at radius 1 is 1.42 bits per heavy atom. The number of rotatable bonds is 5. The van der Waals surface area contributed by atoms with Crippen LogP contribution >= 0.6 is 0 Å². The van der Waals surface area contributed by atoms with Crippen molar-refractivity contribution < 1.29 is 19.1 Å². The van der Waals surface area contributed by atoms with Gasteiger partial charge in [0.2, 0.25) is 5.91 Å². The summed E-state index contributed by atoms with van der Waals surface area (Å²) in [7, 11) is 0. The Morgan fingerprint density at radius 3 is 2.42 bits per heavy atom. The van der Waals surface area contributed by atoms with Crippen LogP contribution < -0.4 is 0 Å². The van der Waals surface area contributed by atoms with E-state index in [2.05, 4.69) is 13.2 Å². The molecule has 1 rings (SSSR count). The molecule has 0 radical (unpaired) electrons. The zero-order chi connectivity index (χ0) is 18.7. The lowest BCUT2D eigenvalue weighted by Gasteiger charge is -2.40. The van der Waals surface area contributed by atoms with Gasteiger partial charge in [0.15, 0.2) is 0 Å². The Hall–Kier alpha value is -1.82. The maximum absolute atomic E-state index is 12.7. The molecule has 136 valence electrons. The Balaban J connectivity index is 3.17. The van der Waals surface area contributed by atoms with E-state index in [1.807, 2.05) is 34.6 Å². The molecule has 0 aromatic rings. The summed E-state index contributed by atoms with van der Waals surface area (Å²) in [5, 5.41) is 0. The molecule has 1 saturated heterocycles. The number of ether oxygens (including phenoxy) is 2. The zero-order valence-electron chi connectivity index (χ0n) is 15.7. The third-order valence-corrected chi connectivity index (χ3v) is 3.84. The van der Waals surface area contributed by atoms with E-state index >= 15 is 0 Å². The van der Waals surface area contributed by atoms with E-state index in [0.717, 1.165) is 0 Å². The number of amides is 2. The van der Waals surface area contributed by atoms with Gasteiger partial charge in [-0.1, -0.05) is 12.2 Å². The molecule has 6 nitrogen and oxygen atoms in total. The Labute approximate surface area is 145 Å². The molecule has 6 heteroatoms. The minimum Gasteiger partial charge on any atom is -0.444 e. The average Bonchev–Trinajstić information content (AvgIpc) is 2.72. The summed E-state index contributed by atoms with van der Waals surface area (Å²) >= 11 is 0. The highest BCUT2D eigenvalue weighted by Gasteiger charge is 2.49. The molecule has 0 N–H and O–H groups in total. The summed E-state index contributed by atoms with van der Waals surface area (Å²) in [6.45, 7) is 18.7. The molecule has 0 bridgehead atoms. The van der Waals surface area contributed by atoms with E-state index in [0.29, 0.717) is 13.2 Å². The second-order valence-electron chi connectivity index (χ2n) is 7.36. The molecule has 0 aromatic carbocycles. The monoisotopic (exact) mass is 338 g/mol. The van der Waals surface area contributed by atoms with Gasteiger partial charge in [-0.05, 0) is 34.6 Å². The third kappa shape index (κ3) is 4.60. The topological polar surface area (TPSA) is 59.1 Å². The van der Waals surface area contributed by atoms with Crippen molar-refractivity contribution in [3.8, 4) is 0 Å². The average molecular weight is 338 g/mol. The van der Waals surface area contributed by atoms with Crippen molar-refractivity contribution in [2.45, 2.75) is 65.0 Å². The SMILES string of the molecule is C=CCN(C(C)=O)C(C=C)[C@@H]1COC(C)(C)N1C(=O)OC(C)(C)C. The van der Waals surface area contributed by atoms with Crippen molar-refractivity contribution in [2.75, 3.05) is 13.2 Å². The molecule has 0 spiro atoms. The van der Waals surface area contributed by atoms with Gasteiger partial charge in [-0.2, -0.15) is 0 Å². The maximum Gasteiger partial charge on any atom is 0.412 e. The van der Waals surface area contributed by atoms with Crippen LogP contribution in [-0.4, -0.2) is 58.4 Å². The first kappa shape index (κ1) is 20.2. The minimum atomic E-state index is -0.828. The summed E-state index contributed by atoms with van der Waals surface area (Å²) in [6.07, 6.45) is 2.85. The van der Waals surface area contributed by atoms with Crippen molar-refractivity contribution >= 4 is 12.0 Å². The predicted molar refractivity (Wildman–Crippen MR) is 93.5 cm³/mol. The van der Waals surface area contributed by atoms with Gasteiger partial charge in [-0.15, -0.1) is 13.2 Å². The van der Waals surface area contributed by atoms with Crippen molar-refractivity contribution in [3.63, 3.8) is 0 Å². The van der Waals surface area contributed by atoms with Gasteiger partial charge in [0, 0.05) is 13.5 Å². The van der Waals surface area contributed by atoms with Gasteiger partial charge in [0.1, 0.15) is 11.3 Å². The molecule has 1 aliphatic heterocycles. The maximum atomic E-state index is 12.7. The molecule has 1 fully saturated rings. The lowest BCUT2D eigenvalue weighted by atomic mass is 10.0. The van der Waals surface area contributed by atoms with E-state index in [1.54, 1.807) is 22.0 Å². The van der Waals surface area contributed by atoms with Crippen LogP contribution in [0.1, 0.15) is 41.5 Å². The van der Waals surface area contributed by atoms with Crippen LogP contribution in [0.25, 0.3) is 0 Å². The van der Waals surface area contributed by atoms with E-state index < -0.39 is 23.5 Å². The van der Waals surface area contributed by atoms with Gasteiger partial charge in [-0.25, -0.2) is 4.79 Å². The fraction of sp³-hybridized carbons (Fsp3) is 0.667. The summed E-state index contributed by atoms with van der Waals surface area (Å²) in [6, 6.07) is -0.772. The highest BCUT2D eigenvalue weighted by molar-refractivity contribution is 5.75. The molecule has 1 heterocycles. The minimum absolute atomic E-state index is 0.117. The number of nitrogens with zero attached hydrogens (tertiary/aromatic N) is 2. The summed E-state index contributed by atoms with van der Waals surface area (Å²) in [5.41, 5.74) is -1.45. The normalized spacial score (nSPS) is 21.1. The highest BCUT2D eigenvalue weighted by Crippen LogP contribution is 2.32. The first-order chi connectivity index (χ1) is 10.9. The molecule has 1 unspecified atom stereocenters. The molecule has 2 atom stereocenters. The van der Waals surface area contributed by atoms with E-state index in [-0.39, 0.29) is 11.9 Å². The van der Waals surface area contributed by atoms with E-state index in [9.17, 15) is 9.59 Å². The fourth-order valence-electron chi connectivity index (χ4n) is 2.84. The third-order valence-electron chi connectivity index (χ3n) is 3.84. The molecule has 0 aromatic heterocycles. The number of hydrogen-bond acceptors (Lipinski definition) is 4. The van der Waals surface area contributed by atoms with Crippen LogP contribution in [0, 0.1) is 0 Å². The smallest absolute Gasteiger partial charge is 0.412 e. The van der Waals surface area contributed by atoms with Crippen LogP contribution in [0.4, 0.5) is 4.79 Å². The lowest BCUT2D eigenvalue weighted by molar-refractivity contribution is -0.131. The second-order valence-corrected chi connectivity index (χ2v) is 7.36. The highest BCUT2D eigenvalue weighted by atomic mass is 16.6. The van der Waals surface area contributed by atoms with Gasteiger partial charge < -0.3 is 14.4 Å². The summed E-state index contributed by atoms with van der Waals surface area (Å²) in [5.74, 6) is -0.117. The molecular formula is C18H30N2O4. The summed E-state index contributed by atoms with van der Waals surface area (Å²) in [4.78, 5) is 27.9. The standard InChI is InChI=1S/C18H30N2O4/c1-9-11-19(13(3)21)14(10-2)15-12-23-18(7,8)20(15)16(22)24-17(4,5)6/h9-10,14-15H,1-2,11-12H2,3-8H3/t14?,15-/m0/s1. The number of carbonyl (C=O) groups is 2. The van der Waals surface area contributed by atoms with Crippen molar-refractivity contribution in [2.24, 2.45) is 0 Å². The Kier molecular flexibility index (Phi) is 6.22. The van der Waals surface area contributed by atoms with Crippen molar-refractivity contribution in [3.05, 3.63) is 25.3 Å². The van der Waals surface area contributed by atoms with Gasteiger partial charge in [0.05, 0.1) is 18.7 Å². The zero-order valence-corrected chi connectivity index (χ0v) is 15.7. The molecule has 0 saturated carbocycles. The molecule has 0 aliphatic carbocycles. The fourth-order valence-corrected chi connectivity index (χ4v) is 2.84. The van der Waals surface area contributed by atoms with Crippen LogP contribution in [0.15, 0.2) is 25.3 Å². The first-order valence-electron chi connectivity index (χ1n) is 8.11. The summed E-state index contributed by atoms with van der Waals surface area (Å²) < 4.78 is 11.3. The largest absolute Gasteiger partial charge is 0.444 e. The lowest BCUT2D eigenvalue weighted by Crippen LogP contribution is -2.57. The number of carbonyl (C=O) groups excluding carboxylic acids is 2. The van der Waals surface area contributed by atoms with Gasteiger partial charge in [-0.3, -0.25) is 9.69 Å². The van der Waals surface area contributed by atoms with Gasteiger partial charge >= 0.3 is 6.09 Å². The first-order valence-corrected chi connectivity index (χ1v) is 8.11. The molecular weight excluding hydrogens is 308 g/mol. The molecule has 1 aliphatic rings. The number of hydrogen-bond donors (Lipinski definition) is 0. The molecule has 2 amide bonds.